The number of halogens is 1. The van der Waals surface area contributed by atoms with Gasteiger partial charge in [0.05, 0.1) is 28.9 Å². The number of ether oxygens (including phenoxy) is 1. The highest BCUT2D eigenvalue weighted by Gasteiger charge is 2.10. The van der Waals surface area contributed by atoms with E-state index in [2.05, 4.69) is 4.98 Å². The Kier molecular flexibility index (Phi) is 4.08. The minimum atomic E-state index is -0.640. The fraction of sp³-hybridized carbons (Fsp3) is 0.188. The van der Waals surface area contributed by atoms with E-state index in [4.69, 9.17) is 16.3 Å². The average molecular weight is 303 g/mol. The summed E-state index contributed by atoms with van der Waals surface area (Å²) in [6.45, 7) is 0.598. The summed E-state index contributed by atoms with van der Waals surface area (Å²) in [7, 11) is 0. The van der Waals surface area contributed by atoms with Gasteiger partial charge < -0.3 is 14.4 Å². The first-order valence-corrected chi connectivity index (χ1v) is 7.07. The monoisotopic (exact) mass is 302 g/mol. The van der Waals surface area contributed by atoms with Crippen molar-refractivity contribution in [2.24, 2.45) is 0 Å². The van der Waals surface area contributed by atoms with Gasteiger partial charge in [-0.25, -0.2) is 4.98 Å². The predicted octanol–water partition coefficient (Wildman–Crippen LogP) is 3.13. The standard InChI is InChI=1S/C16H15ClN2O2/c17-13-5-1-4-8-16(13)21-10-12(20)9-19-11-18-14-6-2-3-7-15(14)19/h1-8,11-12,20H,9-10H2. The van der Waals surface area contributed by atoms with E-state index in [1.807, 2.05) is 41.0 Å². The van der Waals surface area contributed by atoms with Gasteiger partial charge in [-0.2, -0.15) is 0 Å². The summed E-state index contributed by atoms with van der Waals surface area (Å²) >= 11 is 6.01. The predicted molar refractivity (Wildman–Crippen MR) is 82.7 cm³/mol. The van der Waals surface area contributed by atoms with Crippen LogP contribution in [0.25, 0.3) is 11.0 Å². The number of benzene rings is 2. The molecule has 1 unspecified atom stereocenters. The van der Waals surface area contributed by atoms with Crippen LogP contribution in [0.3, 0.4) is 0 Å². The third-order valence-electron chi connectivity index (χ3n) is 3.20. The summed E-state index contributed by atoms with van der Waals surface area (Å²) in [5.41, 5.74) is 1.91. The molecule has 1 aromatic heterocycles. The van der Waals surface area contributed by atoms with Crippen molar-refractivity contribution in [1.29, 1.82) is 0 Å². The quantitative estimate of drug-likeness (QED) is 0.787. The van der Waals surface area contributed by atoms with Crippen LogP contribution < -0.4 is 4.74 Å². The number of nitrogens with zero attached hydrogens (tertiary/aromatic N) is 2. The van der Waals surface area contributed by atoms with E-state index in [0.29, 0.717) is 17.3 Å². The fourth-order valence-corrected chi connectivity index (χ4v) is 2.37. The molecule has 1 heterocycles. The van der Waals surface area contributed by atoms with Crippen LogP contribution in [-0.4, -0.2) is 27.4 Å². The molecule has 108 valence electrons. The number of aromatic nitrogens is 2. The second-order valence-electron chi connectivity index (χ2n) is 4.78. The van der Waals surface area contributed by atoms with E-state index in [9.17, 15) is 5.11 Å². The number of aliphatic hydroxyl groups excluding tert-OH is 1. The van der Waals surface area contributed by atoms with Crippen molar-refractivity contribution in [3.8, 4) is 5.75 Å². The van der Waals surface area contributed by atoms with Crippen molar-refractivity contribution in [2.75, 3.05) is 6.61 Å². The first-order chi connectivity index (χ1) is 10.2. The third kappa shape index (κ3) is 3.17. The van der Waals surface area contributed by atoms with Crippen molar-refractivity contribution in [2.45, 2.75) is 12.6 Å². The summed E-state index contributed by atoms with van der Waals surface area (Å²) in [4.78, 5) is 4.29. The molecule has 1 atom stereocenters. The van der Waals surface area contributed by atoms with Gasteiger partial charge in [0.2, 0.25) is 0 Å². The first kappa shape index (κ1) is 13.9. The van der Waals surface area contributed by atoms with Gasteiger partial charge in [0.25, 0.3) is 0 Å². The third-order valence-corrected chi connectivity index (χ3v) is 3.51. The highest BCUT2D eigenvalue weighted by Crippen LogP contribution is 2.23. The second kappa shape index (κ2) is 6.16. The SMILES string of the molecule is OC(COc1ccccc1Cl)Cn1cnc2ccccc21. The number of rotatable bonds is 5. The van der Waals surface area contributed by atoms with Crippen molar-refractivity contribution in [3.05, 3.63) is 59.9 Å². The Balaban J connectivity index is 1.64. The minimum absolute atomic E-state index is 0.177. The molecule has 2 aromatic carbocycles. The maximum Gasteiger partial charge on any atom is 0.138 e. The maximum absolute atomic E-state index is 10.1. The summed E-state index contributed by atoms with van der Waals surface area (Å²) in [6, 6.07) is 15.0. The summed E-state index contributed by atoms with van der Waals surface area (Å²) in [5.74, 6) is 0.578. The molecule has 4 nitrogen and oxygen atoms in total. The normalized spacial score (nSPS) is 12.5. The van der Waals surface area contributed by atoms with E-state index in [-0.39, 0.29) is 6.61 Å². The maximum atomic E-state index is 10.1. The van der Waals surface area contributed by atoms with Crippen molar-refractivity contribution >= 4 is 22.6 Å². The summed E-state index contributed by atoms with van der Waals surface area (Å²) in [5, 5.41) is 10.7. The Labute approximate surface area is 127 Å². The molecule has 3 rings (SSSR count). The molecule has 1 N–H and O–H groups in total. The molecule has 0 saturated carbocycles. The number of aliphatic hydroxyl groups is 1. The Morgan fingerprint density at radius 3 is 2.76 bits per heavy atom. The zero-order valence-corrected chi connectivity index (χ0v) is 12.1. The Morgan fingerprint density at radius 2 is 1.90 bits per heavy atom. The highest BCUT2D eigenvalue weighted by atomic mass is 35.5. The molecule has 0 aliphatic rings. The topological polar surface area (TPSA) is 47.3 Å². The van der Waals surface area contributed by atoms with E-state index < -0.39 is 6.10 Å². The van der Waals surface area contributed by atoms with Crippen molar-refractivity contribution in [3.63, 3.8) is 0 Å². The molecule has 0 radical (unpaired) electrons. The number of fused-ring (bicyclic) bond motifs is 1. The van der Waals surface area contributed by atoms with Gasteiger partial charge in [0.1, 0.15) is 18.5 Å². The van der Waals surface area contributed by atoms with Crippen LogP contribution in [0.1, 0.15) is 0 Å². The second-order valence-corrected chi connectivity index (χ2v) is 5.19. The Morgan fingerprint density at radius 1 is 1.14 bits per heavy atom. The van der Waals surface area contributed by atoms with Gasteiger partial charge in [-0.05, 0) is 24.3 Å². The lowest BCUT2D eigenvalue weighted by Crippen LogP contribution is -2.23. The molecule has 0 aliphatic heterocycles. The molecule has 0 spiro atoms. The van der Waals surface area contributed by atoms with E-state index in [1.54, 1.807) is 18.5 Å². The van der Waals surface area contributed by atoms with Gasteiger partial charge in [-0.15, -0.1) is 0 Å². The number of para-hydroxylation sites is 3. The van der Waals surface area contributed by atoms with Crippen LogP contribution in [0.15, 0.2) is 54.9 Å². The molecule has 0 amide bonds. The van der Waals surface area contributed by atoms with Crippen LogP contribution in [-0.2, 0) is 6.54 Å². The lowest BCUT2D eigenvalue weighted by molar-refractivity contribution is 0.0935. The molecule has 0 aliphatic carbocycles. The fourth-order valence-electron chi connectivity index (χ4n) is 2.18. The van der Waals surface area contributed by atoms with Crippen LogP contribution >= 0.6 is 11.6 Å². The average Bonchev–Trinajstić information content (AvgIpc) is 2.90. The van der Waals surface area contributed by atoms with E-state index in [0.717, 1.165) is 11.0 Å². The number of hydrogen-bond acceptors (Lipinski definition) is 3. The molecule has 5 heteroatoms. The van der Waals surface area contributed by atoms with Gasteiger partial charge >= 0.3 is 0 Å². The highest BCUT2D eigenvalue weighted by molar-refractivity contribution is 6.32. The summed E-state index contributed by atoms with van der Waals surface area (Å²) in [6.07, 6.45) is 1.09. The van der Waals surface area contributed by atoms with Crippen LogP contribution in [0.4, 0.5) is 0 Å². The molecule has 0 fully saturated rings. The molecular weight excluding hydrogens is 288 g/mol. The first-order valence-electron chi connectivity index (χ1n) is 6.69. The minimum Gasteiger partial charge on any atom is -0.489 e. The number of hydrogen-bond donors (Lipinski definition) is 1. The van der Waals surface area contributed by atoms with Crippen molar-refractivity contribution in [1.82, 2.24) is 9.55 Å². The molecule has 3 aromatic rings. The lowest BCUT2D eigenvalue weighted by atomic mass is 10.3. The van der Waals surface area contributed by atoms with Gasteiger partial charge in [-0.1, -0.05) is 35.9 Å². The zero-order valence-electron chi connectivity index (χ0n) is 11.3. The summed E-state index contributed by atoms with van der Waals surface area (Å²) < 4.78 is 7.46. The lowest BCUT2D eigenvalue weighted by Gasteiger charge is -2.14. The van der Waals surface area contributed by atoms with Crippen LogP contribution in [0, 0.1) is 0 Å². The molecule has 21 heavy (non-hydrogen) atoms. The van der Waals surface area contributed by atoms with E-state index >= 15 is 0 Å². The smallest absolute Gasteiger partial charge is 0.138 e. The molecule has 0 saturated heterocycles. The molecular formula is C16H15ClN2O2. The van der Waals surface area contributed by atoms with Crippen molar-refractivity contribution < 1.29 is 9.84 Å². The van der Waals surface area contributed by atoms with Gasteiger partial charge in [0.15, 0.2) is 0 Å². The zero-order chi connectivity index (χ0) is 14.7. The van der Waals surface area contributed by atoms with Gasteiger partial charge in [0, 0.05) is 0 Å². The van der Waals surface area contributed by atoms with Crippen LogP contribution in [0.2, 0.25) is 5.02 Å². The van der Waals surface area contributed by atoms with E-state index in [1.165, 1.54) is 0 Å². The molecule has 0 bridgehead atoms. The van der Waals surface area contributed by atoms with Gasteiger partial charge in [-0.3, -0.25) is 0 Å². The Bertz CT molecular complexity index is 742. The largest absolute Gasteiger partial charge is 0.489 e. The Hall–Kier alpha value is -2.04. The number of imidazole rings is 1. The van der Waals surface area contributed by atoms with Crippen LogP contribution in [0.5, 0.6) is 5.75 Å².